The van der Waals surface area contributed by atoms with Crippen LogP contribution in [0.15, 0.2) is 30.7 Å². The summed E-state index contributed by atoms with van der Waals surface area (Å²) in [6, 6.07) is 2.29. The number of nitrogens with zero attached hydrogens (tertiary/aromatic N) is 3. The molecule has 3 rings (SSSR count). The standard InChI is InChI=1S/C15H16N6O3/c1-9-16-4-5-21(9)12-3-2-10(7-17-12)8-18-13(22)6-11-14(23)20-15(24)19-11/h2-5,7,11H,6,8H2,1H3,(H,18,22)(H2,19,20,23,24)/t11-/m1/s1. The monoisotopic (exact) mass is 328 g/mol. The van der Waals surface area contributed by atoms with E-state index in [2.05, 4.69) is 25.9 Å². The number of urea groups is 1. The second kappa shape index (κ2) is 6.49. The van der Waals surface area contributed by atoms with Crippen LogP contribution in [-0.2, 0) is 16.1 Å². The SMILES string of the molecule is Cc1nccn1-c1ccc(CNC(=O)C[C@H]2NC(=O)NC2=O)cn1. The zero-order chi connectivity index (χ0) is 17.1. The molecule has 0 aromatic carbocycles. The third kappa shape index (κ3) is 3.40. The van der Waals surface area contributed by atoms with Crippen molar-refractivity contribution in [2.75, 3.05) is 0 Å². The molecule has 0 aliphatic carbocycles. The Hall–Kier alpha value is -3.23. The highest BCUT2D eigenvalue weighted by atomic mass is 16.2. The number of nitrogens with one attached hydrogen (secondary N) is 3. The molecule has 3 N–H and O–H groups in total. The van der Waals surface area contributed by atoms with Crippen LogP contribution in [0.4, 0.5) is 4.79 Å². The molecular formula is C15H16N6O3. The van der Waals surface area contributed by atoms with Crippen molar-refractivity contribution in [3.63, 3.8) is 0 Å². The van der Waals surface area contributed by atoms with Crippen molar-refractivity contribution in [2.45, 2.75) is 25.9 Å². The third-order valence-corrected chi connectivity index (χ3v) is 3.62. The number of aromatic nitrogens is 3. The van der Waals surface area contributed by atoms with Crippen molar-refractivity contribution in [2.24, 2.45) is 0 Å². The van der Waals surface area contributed by atoms with E-state index in [0.29, 0.717) is 0 Å². The maximum Gasteiger partial charge on any atom is 0.322 e. The molecule has 1 atom stereocenters. The predicted octanol–water partition coefficient (Wildman–Crippen LogP) is -0.210. The number of carbonyl (C=O) groups is 3. The second-order valence-electron chi connectivity index (χ2n) is 5.37. The highest BCUT2D eigenvalue weighted by Crippen LogP contribution is 2.08. The summed E-state index contributed by atoms with van der Waals surface area (Å²) in [6.07, 6.45) is 5.08. The molecule has 1 aliphatic heterocycles. The lowest BCUT2D eigenvalue weighted by atomic mass is 10.2. The maximum atomic E-state index is 11.8. The summed E-state index contributed by atoms with van der Waals surface area (Å²) >= 11 is 0. The lowest BCUT2D eigenvalue weighted by Crippen LogP contribution is -2.36. The Morgan fingerprint density at radius 1 is 1.33 bits per heavy atom. The molecule has 124 valence electrons. The van der Waals surface area contributed by atoms with E-state index in [0.717, 1.165) is 17.2 Å². The number of amides is 4. The molecule has 0 unspecified atom stereocenters. The molecular weight excluding hydrogens is 312 g/mol. The van der Waals surface area contributed by atoms with Gasteiger partial charge in [0.2, 0.25) is 5.91 Å². The second-order valence-corrected chi connectivity index (χ2v) is 5.37. The minimum atomic E-state index is -0.817. The van der Waals surface area contributed by atoms with Crippen LogP contribution < -0.4 is 16.0 Å². The van der Waals surface area contributed by atoms with E-state index >= 15 is 0 Å². The van der Waals surface area contributed by atoms with Crippen molar-refractivity contribution in [3.8, 4) is 5.82 Å². The molecule has 0 spiro atoms. The topological polar surface area (TPSA) is 118 Å². The van der Waals surface area contributed by atoms with Gasteiger partial charge >= 0.3 is 6.03 Å². The fourth-order valence-corrected chi connectivity index (χ4v) is 2.34. The molecule has 3 heterocycles. The van der Waals surface area contributed by atoms with Gasteiger partial charge in [-0.15, -0.1) is 0 Å². The Labute approximate surface area is 137 Å². The predicted molar refractivity (Wildman–Crippen MR) is 83.0 cm³/mol. The molecule has 0 radical (unpaired) electrons. The summed E-state index contributed by atoms with van der Waals surface area (Å²) < 4.78 is 1.85. The van der Waals surface area contributed by atoms with Gasteiger partial charge in [0.1, 0.15) is 17.7 Å². The number of rotatable bonds is 5. The third-order valence-electron chi connectivity index (χ3n) is 3.62. The number of pyridine rings is 1. The molecule has 0 saturated carbocycles. The Morgan fingerprint density at radius 2 is 2.17 bits per heavy atom. The Kier molecular flexibility index (Phi) is 4.23. The van der Waals surface area contributed by atoms with Gasteiger partial charge in [-0.2, -0.15) is 0 Å². The summed E-state index contributed by atoms with van der Waals surface area (Å²) in [5.74, 6) is 0.759. The van der Waals surface area contributed by atoms with Crippen LogP contribution in [0.3, 0.4) is 0 Å². The zero-order valence-corrected chi connectivity index (χ0v) is 12.9. The van der Waals surface area contributed by atoms with Gasteiger partial charge in [-0.25, -0.2) is 14.8 Å². The highest BCUT2D eigenvalue weighted by Gasteiger charge is 2.31. The summed E-state index contributed by atoms with van der Waals surface area (Å²) in [5.41, 5.74) is 0.824. The van der Waals surface area contributed by atoms with Gasteiger partial charge in [-0.1, -0.05) is 6.07 Å². The van der Waals surface area contributed by atoms with Crippen molar-refractivity contribution >= 4 is 17.8 Å². The first-order chi connectivity index (χ1) is 11.5. The molecule has 2 aromatic heterocycles. The first kappa shape index (κ1) is 15.7. The van der Waals surface area contributed by atoms with Crippen molar-refractivity contribution in [1.29, 1.82) is 0 Å². The number of aryl methyl sites for hydroxylation is 1. The quantitative estimate of drug-likeness (QED) is 0.656. The van der Waals surface area contributed by atoms with E-state index in [4.69, 9.17) is 0 Å². The van der Waals surface area contributed by atoms with Gasteiger partial charge in [-0.3, -0.25) is 19.5 Å². The van der Waals surface area contributed by atoms with E-state index in [-0.39, 0.29) is 18.9 Å². The normalized spacial score (nSPS) is 16.6. The van der Waals surface area contributed by atoms with Crippen LogP contribution in [0.25, 0.3) is 5.82 Å². The number of carbonyl (C=O) groups excluding carboxylic acids is 3. The molecule has 0 bridgehead atoms. The van der Waals surface area contributed by atoms with Gasteiger partial charge in [0.15, 0.2) is 0 Å². The fraction of sp³-hybridized carbons (Fsp3) is 0.267. The van der Waals surface area contributed by atoms with Gasteiger partial charge < -0.3 is 10.6 Å². The van der Waals surface area contributed by atoms with Gasteiger partial charge in [-0.05, 0) is 18.6 Å². The molecule has 24 heavy (non-hydrogen) atoms. The van der Waals surface area contributed by atoms with Crippen LogP contribution in [0, 0.1) is 6.92 Å². The summed E-state index contributed by atoms with van der Waals surface area (Å²) in [4.78, 5) is 42.7. The van der Waals surface area contributed by atoms with Crippen molar-refractivity contribution in [3.05, 3.63) is 42.1 Å². The largest absolute Gasteiger partial charge is 0.352 e. The van der Waals surface area contributed by atoms with Crippen LogP contribution >= 0.6 is 0 Å². The van der Waals surface area contributed by atoms with E-state index in [1.165, 1.54) is 0 Å². The molecule has 1 saturated heterocycles. The fourth-order valence-electron chi connectivity index (χ4n) is 2.34. The Bertz CT molecular complexity index is 783. The smallest absolute Gasteiger partial charge is 0.322 e. The maximum absolute atomic E-state index is 11.8. The number of hydrogen-bond acceptors (Lipinski definition) is 5. The number of hydrogen-bond donors (Lipinski definition) is 3. The summed E-state index contributed by atoms with van der Waals surface area (Å²) in [6.45, 7) is 2.17. The van der Waals surface area contributed by atoms with Crippen LogP contribution in [-0.4, -0.2) is 38.4 Å². The molecule has 1 aliphatic rings. The average Bonchev–Trinajstić information content (AvgIpc) is 3.11. The van der Waals surface area contributed by atoms with E-state index in [1.54, 1.807) is 12.4 Å². The first-order valence-corrected chi connectivity index (χ1v) is 7.36. The number of imidazole rings is 1. The van der Waals surface area contributed by atoms with Gasteiger partial charge in [0.25, 0.3) is 5.91 Å². The molecule has 4 amide bonds. The van der Waals surface area contributed by atoms with Crippen LogP contribution in [0.1, 0.15) is 17.8 Å². The molecule has 9 heteroatoms. The van der Waals surface area contributed by atoms with Gasteiger partial charge in [0.05, 0.1) is 6.42 Å². The molecule has 2 aromatic rings. The van der Waals surface area contributed by atoms with Crippen molar-refractivity contribution < 1.29 is 14.4 Å². The van der Waals surface area contributed by atoms with E-state index < -0.39 is 18.0 Å². The van der Waals surface area contributed by atoms with Gasteiger partial charge in [0, 0.05) is 25.1 Å². The molecule has 1 fully saturated rings. The lowest BCUT2D eigenvalue weighted by molar-refractivity contribution is -0.126. The van der Waals surface area contributed by atoms with E-state index in [9.17, 15) is 14.4 Å². The number of imide groups is 1. The average molecular weight is 328 g/mol. The molecule has 9 nitrogen and oxygen atoms in total. The summed E-state index contributed by atoms with van der Waals surface area (Å²) in [5, 5.41) is 7.16. The Balaban J connectivity index is 1.53. The lowest BCUT2D eigenvalue weighted by Gasteiger charge is -2.09. The van der Waals surface area contributed by atoms with E-state index in [1.807, 2.05) is 29.8 Å². The van der Waals surface area contributed by atoms with Crippen molar-refractivity contribution in [1.82, 2.24) is 30.5 Å². The zero-order valence-electron chi connectivity index (χ0n) is 12.9. The van der Waals surface area contributed by atoms with Crippen LogP contribution in [0.5, 0.6) is 0 Å². The highest BCUT2D eigenvalue weighted by molar-refractivity contribution is 6.05. The summed E-state index contributed by atoms with van der Waals surface area (Å²) in [7, 11) is 0. The van der Waals surface area contributed by atoms with Crippen LogP contribution in [0.2, 0.25) is 0 Å². The minimum Gasteiger partial charge on any atom is -0.352 e. The Morgan fingerprint density at radius 3 is 2.75 bits per heavy atom. The first-order valence-electron chi connectivity index (χ1n) is 7.36. The minimum absolute atomic E-state index is 0.0999.